The Hall–Kier alpha value is -4.51. The number of benzene rings is 2. The standard InChI is InChI=1S/C30H29FN6O3S/c1-19-11-20(13-28(38)36-21-16-35-37(17-21)30(2,3)4)12-25(31)29(19)40-27-7-8-34-26-6-5-23(14-24(26)27)41(39)18-22-15-32-9-10-33-22/h5-12,14-17H,13,18H2,1-4H3,(H,36,38). The Kier molecular flexibility index (Phi) is 7.89. The Morgan fingerprint density at radius 1 is 1.07 bits per heavy atom. The van der Waals surface area contributed by atoms with Crippen molar-refractivity contribution in [1.82, 2.24) is 24.7 Å². The second-order valence-corrected chi connectivity index (χ2v) is 12.0. The van der Waals surface area contributed by atoms with Gasteiger partial charge in [0.1, 0.15) is 5.75 Å². The molecule has 1 amide bonds. The minimum absolute atomic E-state index is 0.0160. The smallest absolute Gasteiger partial charge is 0.228 e. The Balaban J connectivity index is 1.33. The number of nitrogens with zero attached hydrogens (tertiary/aromatic N) is 5. The second kappa shape index (κ2) is 11.5. The van der Waals surface area contributed by atoms with Crippen LogP contribution >= 0.6 is 0 Å². The van der Waals surface area contributed by atoms with Crippen molar-refractivity contribution in [3.63, 3.8) is 0 Å². The summed E-state index contributed by atoms with van der Waals surface area (Å²) >= 11 is 0. The molecule has 0 saturated heterocycles. The van der Waals surface area contributed by atoms with Crippen LogP contribution in [0.2, 0.25) is 0 Å². The van der Waals surface area contributed by atoms with Crippen molar-refractivity contribution < 1.29 is 18.1 Å². The summed E-state index contributed by atoms with van der Waals surface area (Å²) in [6, 6.07) is 9.88. The van der Waals surface area contributed by atoms with Crippen LogP contribution in [0.25, 0.3) is 10.9 Å². The highest BCUT2D eigenvalue weighted by atomic mass is 32.2. The molecule has 0 fully saturated rings. The first kappa shape index (κ1) is 28.0. The van der Waals surface area contributed by atoms with Crippen molar-refractivity contribution >= 4 is 33.3 Å². The molecule has 1 unspecified atom stereocenters. The van der Waals surface area contributed by atoms with Gasteiger partial charge < -0.3 is 10.1 Å². The van der Waals surface area contributed by atoms with Gasteiger partial charge in [-0.05, 0) is 69.2 Å². The first-order valence-electron chi connectivity index (χ1n) is 12.9. The maximum Gasteiger partial charge on any atom is 0.228 e. The highest BCUT2D eigenvalue weighted by Crippen LogP contribution is 2.34. The molecule has 1 atom stereocenters. The number of hydrogen-bond donors (Lipinski definition) is 1. The molecule has 5 aromatic rings. The molecule has 0 radical (unpaired) electrons. The summed E-state index contributed by atoms with van der Waals surface area (Å²) in [4.78, 5) is 25.8. The molecule has 11 heteroatoms. The molecule has 3 heterocycles. The number of pyridine rings is 1. The summed E-state index contributed by atoms with van der Waals surface area (Å²) in [5.74, 6) is -0.262. The van der Waals surface area contributed by atoms with Gasteiger partial charge in [-0.15, -0.1) is 0 Å². The van der Waals surface area contributed by atoms with E-state index < -0.39 is 16.6 Å². The van der Waals surface area contributed by atoms with Gasteiger partial charge in [-0.3, -0.25) is 28.6 Å². The van der Waals surface area contributed by atoms with E-state index in [0.717, 1.165) is 0 Å². The third-order valence-corrected chi connectivity index (χ3v) is 7.59. The molecule has 0 bridgehead atoms. The van der Waals surface area contributed by atoms with Gasteiger partial charge in [0.15, 0.2) is 11.6 Å². The predicted molar refractivity (Wildman–Crippen MR) is 155 cm³/mol. The number of hydrogen-bond acceptors (Lipinski definition) is 7. The predicted octanol–water partition coefficient (Wildman–Crippen LogP) is 5.71. The van der Waals surface area contributed by atoms with E-state index in [-0.39, 0.29) is 29.4 Å². The van der Waals surface area contributed by atoms with Crippen LogP contribution in [0, 0.1) is 12.7 Å². The Labute approximate surface area is 239 Å². The summed E-state index contributed by atoms with van der Waals surface area (Å²) < 4.78 is 36.1. The number of nitrogens with one attached hydrogen (secondary N) is 1. The fourth-order valence-corrected chi connectivity index (χ4v) is 5.29. The first-order chi connectivity index (χ1) is 19.6. The summed E-state index contributed by atoms with van der Waals surface area (Å²) in [6.07, 6.45) is 9.59. The van der Waals surface area contributed by atoms with E-state index in [9.17, 15) is 9.00 Å². The summed E-state index contributed by atoms with van der Waals surface area (Å²) in [7, 11) is -1.38. The normalized spacial score (nSPS) is 12.3. The number of fused-ring (bicyclic) bond motifs is 1. The van der Waals surface area contributed by atoms with Crippen LogP contribution in [0.5, 0.6) is 11.5 Å². The molecule has 0 saturated carbocycles. The quantitative estimate of drug-likeness (QED) is 0.254. The zero-order valence-corrected chi connectivity index (χ0v) is 23.9. The number of carbonyl (C=O) groups is 1. The molecule has 0 spiro atoms. The molecule has 41 heavy (non-hydrogen) atoms. The van der Waals surface area contributed by atoms with Crippen LogP contribution in [-0.4, -0.2) is 34.8 Å². The van der Waals surface area contributed by atoms with Crippen LogP contribution in [0.4, 0.5) is 10.1 Å². The third kappa shape index (κ3) is 6.63. The van der Waals surface area contributed by atoms with Crippen molar-refractivity contribution in [3.8, 4) is 11.5 Å². The molecule has 2 aromatic carbocycles. The largest absolute Gasteiger partial charge is 0.453 e. The topological polar surface area (TPSA) is 112 Å². The minimum atomic E-state index is -1.38. The highest BCUT2D eigenvalue weighted by Gasteiger charge is 2.18. The highest BCUT2D eigenvalue weighted by molar-refractivity contribution is 7.84. The molecular weight excluding hydrogens is 543 g/mol. The molecule has 5 rings (SSSR count). The maximum absolute atomic E-state index is 15.3. The van der Waals surface area contributed by atoms with Crippen molar-refractivity contribution in [2.75, 3.05) is 5.32 Å². The van der Waals surface area contributed by atoms with Gasteiger partial charge in [0.25, 0.3) is 0 Å². The van der Waals surface area contributed by atoms with E-state index in [4.69, 9.17) is 4.74 Å². The zero-order chi connectivity index (χ0) is 29.1. The van der Waals surface area contributed by atoms with E-state index >= 15 is 4.39 Å². The second-order valence-electron chi connectivity index (χ2n) is 10.6. The number of rotatable bonds is 8. The maximum atomic E-state index is 15.3. The van der Waals surface area contributed by atoms with E-state index in [2.05, 4.69) is 25.4 Å². The number of halogens is 1. The number of anilines is 1. The molecule has 1 N–H and O–H groups in total. The molecule has 210 valence electrons. The van der Waals surface area contributed by atoms with Gasteiger partial charge in [-0.25, -0.2) is 4.39 Å². The van der Waals surface area contributed by atoms with Gasteiger partial charge in [-0.1, -0.05) is 6.07 Å². The number of aryl methyl sites for hydroxylation is 1. The van der Waals surface area contributed by atoms with E-state index in [1.54, 1.807) is 79.1 Å². The lowest BCUT2D eigenvalue weighted by Crippen LogP contribution is -2.22. The van der Waals surface area contributed by atoms with Gasteiger partial charge in [0, 0.05) is 41.3 Å². The third-order valence-electron chi connectivity index (χ3n) is 6.25. The molecule has 0 aliphatic heterocycles. The van der Waals surface area contributed by atoms with Crippen LogP contribution in [0.3, 0.4) is 0 Å². The van der Waals surface area contributed by atoms with Crippen LogP contribution in [0.15, 0.2) is 78.5 Å². The molecule has 0 aliphatic carbocycles. The lowest BCUT2D eigenvalue weighted by atomic mass is 10.1. The van der Waals surface area contributed by atoms with E-state index in [1.165, 1.54) is 6.07 Å². The van der Waals surface area contributed by atoms with Gasteiger partial charge in [0.05, 0.1) is 51.6 Å². The van der Waals surface area contributed by atoms with Crippen molar-refractivity contribution in [2.45, 2.75) is 50.3 Å². The summed E-state index contributed by atoms with van der Waals surface area (Å²) in [5, 5.41) is 7.69. The lowest BCUT2D eigenvalue weighted by Gasteiger charge is -2.18. The molecule has 9 nitrogen and oxygen atoms in total. The molecular formula is C30H29FN6O3S. The van der Waals surface area contributed by atoms with Crippen molar-refractivity contribution in [2.24, 2.45) is 0 Å². The number of aromatic nitrogens is 5. The average Bonchev–Trinajstić information content (AvgIpc) is 3.40. The summed E-state index contributed by atoms with van der Waals surface area (Å²) in [6.45, 7) is 7.75. The number of amides is 1. The molecule has 0 aliphatic rings. The fourth-order valence-electron chi connectivity index (χ4n) is 4.24. The van der Waals surface area contributed by atoms with Crippen LogP contribution in [-0.2, 0) is 33.3 Å². The molecule has 3 aromatic heterocycles. The van der Waals surface area contributed by atoms with Crippen LogP contribution in [0.1, 0.15) is 37.6 Å². The number of carbonyl (C=O) groups excluding carboxylic acids is 1. The average molecular weight is 573 g/mol. The Bertz CT molecular complexity index is 1730. The van der Waals surface area contributed by atoms with E-state index in [1.807, 2.05) is 20.8 Å². The number of ether oxygens (including phenoxy) is 1. The monoisotopic (exact) mass is 572 g/mol. The SMILES string of the molecule is Cc1cc(CC(=O)Nc2cnn(C(C)(C)C)c2)cc(F)c1Oc1ccnc2ccc(S(=O)Cc3cnccn3)cc12. The van der Waals surface area contributed by atoms with E-state index in [0.29, 0.717) is 44.1 Å². The minimum Gasteiger partial charge on any atom is -0.453 e. The van der Waals surface area contributed by atoms with Gasteiger partial charge in [-0.2, -0.15) is 5.10 Å². The Morgan fingerprint density at radius 2 is 1.90 bits per heavy atom. The zero-order valence-electron chi connectivity index (χ0n) is 23.1. The van der Waals surface area contributed by atoms with Crippen molar-refractivity contribution in [1.29, 1.82) is 0 Å². The first-order valence-corrected chi connectivity index (χ1v) is 14.2. The fraction of sp³-hybridized carbons (Fsp3) is 0.233. The van der Waals surface area contributed by atoms with Gasteiger partial charge in [0.2, 0.25) is 5.91 Å². The van der Waals surface area contributed by atoms with Crippen molar-refractivity contribution in [3.05, 3.63) is 96.2 Å². The van der Waals surface area contributed by atoms with Gasteiger partial charge >= 0.3 is 0 Å². The summed E-state index contributed by atoms with van der Waals surface area (Å²) in [5.41, 5.74) is 2.62. The lowest BCUT2D eigenvalue weighted by molar-refractivity contribution is -0.115. The van der Waals surface area contributed by atoms with Crippen LogP contribution < -0.4 is 10.1 Å². The Morgan fingerprint density at radius 3 is 2.61 bits per heavy atom.